The van der Waals surface area contributed by atoms with Gasteiger partial charge in [0.15, 0.2) is 0 Å². The topological polar surface area (TPSA) is 26.3 Å². The monoisotopic (exact) mass is 266 g/mol. The highest BCUT2D eigenvalue weighted by Crippen LogP contribution is 2.20. The second-order valence-corrected chi connectivity index (χ2v) is 12.3. The number of hydrogen-bond donors (Lipinski definition) is 0. The van der Waals surface area contributed by atoms with Gasteiger partial charge in [-0.3, -0.25) is 4.79 Å². The number of esters is 1. The van der Waals surface area contributed by atoms with Gasteiger partial charge < -0.3 is 4.74 Å². The fourth-order valence-electron chi connectivity index (χ4n) is 0.707. The molecule has 1 unspecified atom stereocenters. The van der Waals surface area contributed by atoms with Gasteiger partial charge in [-0.2, -0.15) is 0 Å². The molecule has 0 amide bonds. The molecule has 13 heavy (non-hydrogen) atoms. The van der Waals surface area contributed by atoms with Gasteiger partial charge in [0.1, 0.15) is 10.1 Å². The third-order valence-corrected chi connectivity index (χ3v) is 7.62. The Bertz CT molecular complexity index is 191. The van der Waals surface area contributed by atoms with Gasteiger partial charge in [-0.05, 0) is 20.8 Å². The number of halogens is 1. The molecule has 0 heterocycles. The second-order valence-electron chi connectivity index (χ2n) is 5.26. The van der Waals surface area contributed by atoms with Crippen LogP contribution in [0.25, 0.3) is 0 Å². The standard InChI is InChI=1S/C9H19BrO2Si/c1-9(2,3)12-8(11)7(10)13(4,5)6/h7H,1-6H3. The highest BCUT2D eigenvalue weighted by Gasteiger charge is 2.33. The number of ether oxygens (including phenoxy) is 1. The van der Waals surface area contributed by atoms with Crippen LogP contribution >= 0.6 is 15.9 Å². The first-order chi connectivity index (χ1) is 5.54. The summed E-state index contributed by atoms with van der Waals surface area (Å²) >= 11 is 3.40. The predicted octanol–water partition coefficient (Wildman–Crippen LogP) is 2.97. The molecule has 0 aromatic carbocycles. The lowest BCUT2D eigenvalue weighted by atomic mass is 10.2. The van der Waals surface area contributed by atoms with Gasteiger partial charge in [-0.25, -0.2) is 0 Å². The van der Waals surface area contributed by atoms with E-state index in [0.29, 0.717) is 0 Å². The third-order valence-electron chi connectivity index (χ3n) is 1.37. The largest absolute Gasteiger partial charge is 0.459 e. The van der Waals surface area contributed by atoms with Crippen molar-refractivity contribution in [2.75, 3.05) is 0 Å². The molecular formula is C9H19BrO2Si. The molecule has 0 aromatic rings. The highest BCUT2D eigenvalue weighted by molar-refractivity contribution is 9.10. The van der Waals surface area contributed by atoms with E-state index in [-0.39, 0.29) is 16.0 Å². The van der Waals surface area contributed by atoms with E-state index in [4.69, 9.17) is 4.74 Å². The summed E-state index contributed by atoms with van der Waals surface area (Å²) in [6.45, 7) is 12.1. The lowest BCUT2D eigenvalue weighted by molar-refractivity contribution is -0.152. The Balaban J connectivity index is 4.30. The fraction of sp³-hybridized carbons (Fsp3) is 0.889. The molecule has 0 aliphatic heterocycles. The van der Waals surface area contributed by atoms with E-state index >= 15 is 0 Å². The van der Waals surface area contributed by atoms with E-state index in [2.05, 4.69) is 35.6 Å². The van der Waals surface area contributed by atoms with Crippen molar-refractivity contribution in [1.82, 2.24) is 0 Å². The second kappa shape index (κ2) is 4.13. The molecule has 0 aliphatic carbocycles. The van der Waals surface area contributed by atoms with Crippen LogP contribution in [0.4, 0.5) is 0 Å². The Morgan fingerprint density at radius 3 is 1.92 bits per heavy atom. The molecule has 78 valence electrons. The summed E-state index contributed by atoms with van der Waals surface area (Å²) < 4.78 is 5.16. The molecule has 0 spiro atoms. The van der Waals surface area contributed by atoms with Crippen molar-refractivity contribution in [2.45, 2.75) is 50.5 Å². The van der Waals surface area contributed by atoms with Crippen LogP contribution in [0.1, 0.15) is 20.8 Å². The van der Waals surface area contributed by atoms with E-state index in [0.717, 1.165) is 0 Å². The number of hydrogen-bond acceptors (Lipinski definition) is 2. The average molecular weight is 267 g/mol. The minimum Gasteiger partial charge on any atom is -0.459 e. The summed E-state index contributed by atoms with van der Waals surface area (Å²) in [4.78, 5) is 11.6. The van der Waals surface area contributed by atoms with Gasteiger partial charge in [0.25, 0.3) is 0 Å². The zero-order valence-corrected chi connectivity index (χ0v) is 11.9. The van der Waals surface area contributed by atoms with Crippen LogP contribution < -0.4 is 0 Å². The number of alkyl halides is 1. The van der Waals surface area contributed by atoms with Gasteiger partial charge in [0.05, 0.1) is 8.07 Å². The van der Waals surface area contributed by atoms with E-state index in [1.807, 2.05) is 20.8 Å². The lowest BCUT2D eigenvalue weighted by Gasteiger charge is -2.26. The molecule has 4 heteroatoms. The minimum absolute atomic E-state index is 0.112. The molecule has 0 radical (unpaired) electrons. The molecule has 0 bridgehead atoms. The highest BCUT2D eigenvalue weighted by atomic mass is 79.9. The van der Waals surface area contributed by atoms with Crippen LogP contribution in [0, 0.1) is 0 Å². The van der Waals surface area contributed by atoms with Gasteiger partial charge >= 0.3 is 5.97 Å². The molecule has 0 saturated carbocycles. The summed E-state index contributed by atoms with van der Waals surface area (Å²) in [5.41, 5.74) is -0.386. The molecule has 2 nitrogen and oxygen atoms in total. The quantitative estimate of drug-likeness (QED) is 0.437. The molecule has 0 N–H and O–H groups in total. The number of rotatable bonds is 2. The molecular weight excluding hydrogens is 248 g/mol. The van der Waals surface area contributed by atoms with Gasteiger partial charge in [-0.15, -0.1) is 0 Å². The fourth-order valence-corrected chi connectivity index (χ4v) is 1.57. The average Bonchev–Trinajstić information content (AvgIpc) is 1.79. The maximum Gasteiger partial charge on any atom is 0.317 e. The molecule has 1 atom stereocenters. The van der Waals surface area contributed by atoms with Crippen LogP contribution in [0.2, 0.25) is 19.6 Å². The number of carbonyl (C=O) groups excluding carboxylic acids is 1. The van der Waals surface area contributed by atoms with Crippen molar-refractivity contribution in [3.05, 3.63) is 0 Å². The first-order valence-corrected chi connectivity index (χ1v) is 8.90. The summed E-state index contributed by atoms with van der Waals surface area (Å²) in [6.07, 6.45) is 0. The zero-order chi connectivity index (χ0) is 10.9. The Morgan fingerprint density at radius 2 is 1.69 bits per heavy atom. The van der Waals surface area contributed by atoms with Crippen molar-refractivity contribution < 1.29 is 9.53 Å². The summed E-state index contributed by atoms with van der Waals surface area (Å²) in [5.74, 6) is -0.133. The summed E-state index contributed by atoms with van der Waals surface area (Å²) in [6, 6.07) is 0. The van der Waals surface area contributed by atoms with Crippen LogP contribution in [0.3, 0.4) is 0 Å². The zero-order valence-electron chi connectivity index (χ0n) is 9.27. The molecule has 0 saturated heterocycles. The van der Waals surface area contributed by atoms with Crippen molar-refractivity contribution in [3.63, 3.8) is 0 Å². The van der Waals surface area contributed by atoms with Crippen molar-refractivity contribution in [3.8, 4) is 0 Å². The Labute approximate surface area is 90.2 Å². The van der Waals surface area contributed by atoms with E-state index < -0.39 is 8.07 Å². The minimum atomic E-state index is -1.48. The number of carbonyl (C=O) groups is 1. The molecule has 0 aromatic heterocycles. The first-order valence-electron chi connectivity index (χ1n) is 4.41. The van der Waals surface area contributed by atoms with Crippen LogP contribution in [-0.4, -0.2) is 24.1 Å². The molecule has 0 aliphatic rings. The van der Waals surface area contributed by atoms with Crippen LogP contribution in [0.5, 0.6) is 0 Å². The summed E-state index contributed by atoms with van der Waals surface area (Å²) in [5, 5.41) is 0. The molecule has 0 rings (SSSR count). The maximum absolute atomic E-state index is 11.6. The smallest absolute Gasteiger partial charge is 0.317 e. The normalized spacial score (nSPS) is 15.3. The third kappa shape index (κ3) is 5.47. The SMILES string of the molecule is CC(C)(C)OC(=O)C(Br)[Si](C)(C)C. The Kier molecular flexibility index (Phi) is 4.18. The van der Waals surface area contributed by atoms with Crippen molar-refractivity contribution in [2.24, 2.45) is 0 Å². The Morgan fingerprint density at radius 1 is 1.31 bits per heavy atom. The van der Waals surface area contributed by atoms with E-state index in [1.54, 1.807) is 0 Å². The predicted molar refractivity (Wildman–Crippen MR) is 61.9 cm³/mol. The Hall–Kier alpha value is 0.167. The van der Waals surface area contributed by atoms with Gasteiger partial charge in [0.2, 0.25) is 0 Å². The van der Waals surface area contributed by atoms with Gasteiger partial charge in [-0.1, -0.05) is 35.6 Å². The van der Waals surface area contributed by atoms with Crippen LogP contribution in [0.15, 0.2) is 0 Å². The van der Waals surface area contributed by atoms with Crippen molar-refractivity contribution >= 4 is 30.0 Å². The first kappa shape index (κ1) is 13.2. The van der Waals surface area contributed by atoms with Crippen LogP contribution in [-0.2, 0) is 9.53 Å². The van der Waals surface area contributed by atoms with E-state index in [1.165, 1.54) is 0 Å². The maximum atomic E-state index is 11.6. The lowest BCUT2D eigenvalue weighted by Crippen LogP contribution is -2.43. The summed E-state index contributed by atoms with van der Waals surface area (Å²) in [7, 11) is -1.48. The molecule has 0 fully saturated rings. The van der Waals surface area contributed by atoms with Crippen molar-refractivity contribution in [1.29, 1.82) is 0 Å². The van der Waals surface area contributed by atoms with E-state index in [9.17, 15) is 4.79 Å². The van der Waals surface area contributed by atoms with Gasteiger partial charge in [0, 0.05) is 0 Å².